The molecule has 0 N–H and O–H groups in total. The van der Waals surface area contributed by atoms with E-state index >= 15 is 0 Å². The minimum Gasteiger partial charge on any atom is -0.444 e. The van der Waals surface area contributed by atoms with Gasteiger partial charge in [-0.1, -0.05) is 6.08 Å². The van der Waals surface area contributed by atoms with Gasteiger partial charge in [-0.15, -0.1) is 0 Å². The molecule has 2 unspecified atom stereocenters. The van der Waals surface area contributed by atoms with Crippen LogP contribution in [0.25, 0.3) is 5.57 Å². The highest BCUT2D eigenvalue weighted by molar-refractivity contribution is 5.75. The van der Waals surface area contributed by atoms with Gasteiger partial charge in [0.15, 0.2) is 0 Å². The van der Waals surface area contributed by atoms with Crippen LogP contribution in [0.2, 0.25) is 0 Å². The van der Waals surface area contributed by atoms with Gasteiger partial charge in [0.2, 0.25) is 0 Å². The number of rotatable bonds is 1. The number of nitriles is 1. The second-order valence-corrected chi connectivity index (χ2v) is 7.47. The second-order valence-electron chi connectivity index (χ2n) is 7.47. The van der Waals surface area contributed by atoms with Crippen molar-refractivity contribution in [3.8, 4) is 6.07 Å². The fourth-order valence-electron chi connectivity index (χ4n) is 3.27. The Morgan fingerprint density at radius 3 is 2.50 bits per heavy atom. The van der Waals surface area contributed by atoms with Crippen LogP contribution in [0, 0.1) is 23.0 Å². The zero-order chi connectivity index (χ0) is 19.1. The number of amides is 1. The van der Waals surface area contributed by atoms with E-state index in [-0.39, 0.29) is 12.1 Å². The van der Waals surface area contributed by atoms with Gasteiger partial charge in [0, 0.05) is 0 Å². The van der Waals surface area contributed by atoms with Gasteiger partial charge in [-0.05, 0) is 50.5 Å². The van der Waals surface area contributed by atoms with Gasteiger partial charge < -0.3 is 9.47 Å². The lowest BCUT2D eigenvalue weighted by Crippen LogP contribution is -2.57. The van der Waals surface area contributed by atoms with Crippen LogP contribution in [0.4, 0.5) is 13.6 Å². The van der Waals surface area contributed by atoms with Gasteiger partial charge in [0.25, 0.3) is 0 Å². The van der Waals surface area contributed by atoms with Crippen molar-refractivity contribution in [1.29, 1.82) is 5.26 Å². The predicted octanol–water partition coefficient (Wildman–Crippen LogP) is 3.63. The average molecular weight is 362 g/mol. The fraction of sp³-hybridized carbons (Fsp3) is 0.474. The molecule has 0 spiro atoms. The molecule has 138 valence electrons. The molecule has 0 aliphatic carbocycles. The summed E-state index contributed by atoms with van der Waals surface area (Å²) in [6, 6.07) is 3.20. The van der Waals surface area contributed by atoms with Crippen molar-refractivity contribution in [2.24, 2.45) is 0 Å². The molecule has 0 radical (unpaired) electrons. The van der Waals surface area contributed by atoms with Crippen LogP contribution < -0.4 is 0 Å². The normalized spacial score (nSPS) is 22.5. The number of ether oxygens (including phenoxy) is 2. The van der Waals surface area contributed by atoms with E-state index in [9.17, 15) is 13.6 Å². The van der Waals surface area contributed by atoms with Crippen molar-refractivity contribution >= 4 is 11.7 Å². The van der Waals surface area contributed by atoms with Gasteiger partial charge in [-0.3, -0.25) is 4.90 Å². The standard InChI is InChI=1S/C19H20F2N2O3/c1-19(2,3)26-18(24)23-13-4-11(5-14(23)10-25-9-13)12-6-16(20)15(8-22)17(21)7-12/h4,6-7,13-14H,5,9-10H2,1-3H3. The molecule has 2 bridgehead atoms. The molecule has 1 amide bonds. The van der Waals surface area contributed by atoms with Crippen LogP contribution in [0.15, 0.2) is 18.2 Å². The Morgan fingerprint density at radius 2 is 1.96 bits per heavy atom. The van der Waals surface area contributed by atoms with Crippen molar-refractivity contribution in [1.82, 2.24) is 4.90 Å². The Hall–Kier alpha value is -2.46. The van der Waals surface area contributed by atoms with Gasteiger partial charge in [0.1, 0.15) is 28.9 Å². The lowest BCUT2D eigenvalue weighted by Gasteiger charge is -2.44. The summed E-state index contributed by atoms with van der Waals surface area (Å²) in [5.74, 6) is -1.78. The van der Waals surface area contributed by atoms with Crippen LogP contribution >= 0.6 is 0 Å². The van der Waals surface area contributed by atoms with E-state index in [2.05, 4.69) is 0 Å². The molecule has 2 atom stereocenters. The third-order valence-electron chi connectivity index (χ3n) is 4.33. The molecule has 5 nitrogen and oxygen atoms in total. The molecule has 0 aromatic heterocycles. The molecule has 1 fully saturated rings. The summed E-state index contributed by atoms with van der Waals surface area (Å²) in [5.41, 5.74) is -0.107. The highest BCUT2D eigenvalue weighted by atomic mass is 19.1. The molecule has 2 aliphatic rings. The largest absolute Gasteiger partial charge is 0.444 e. The maximum atomic E-state index is 13.9. The number of hydrogen-bond donors (Lipinski definition) is 0. The first kappa shape index (κ1) is 18.3. The number of carbonyl (C=O) groups is 1. The number of halogens is 2. The highest BCUT2D eigenvalue weighted by Crippen LogP contribution is 2.34. The number of morpholine rings is 1. The Labute approximate surface area is 150 Å². The smallest absolute Gasteiger partial charge is 0.411 e. The summed E-state index contributed by atoms with van der Waals surface area (Å²) in [6.45, 7) is 6.01. The van der Waals surface area contributed by atoms with Crippen LogP contribution in [0.5, 0.6) is 0 Å². The Balaban J connectivity index is 1.92. The molecule has 2 heterocycles. The van der Waals surface area contributed by atoms with Crippen LogP contribution in [-0.2, 0) is 9.47 Å². The van der Waals surface area contributed by atoms with Crippen LogP contribution in [0.3, 0.4) is 0 Å². The van der Waals surface area contributed by atoms with Crippen molar-refractivity contribution in [3.63, 3.8) is 0 Å². The Kier molecular flexibility index (Phi) is 4.72. The molecule has 7 heteroatoms. The van der Waals surface area contributed by atoms with E-state index in [0.29, 0.717) is 25.2 Å². The van der Waals surface area contributed by atoms with E-state index < -0.39 is 28.9 Å². The summed E-state index contributed by atoms with van der Waals surface area (Å²) in [4.78, 5) is 14.2. The van der Waals surface area contributed by atoms with Crippen LogP contribution in [-0.4, -0.2) is 41.9 Å². The topological polar surface area (TPSA) is 62.6 Å². The minimum atomic E-state index is -0.889. The van der Waals surface area contributed by atoms with E-state index in [4.69, 9.17) is 14.7 Å². The van der Waals surface area contributed by atoms with Gasteiger partial charge in [-0.25, -0.2) is 13.6 Å². The van der Waals surface area contributed by atoms with E-state index in [1.54, 1.807) is 31.7 Å². The summed E-state index contributed by atoms with van der Waals surface area (Å²) in [6.07, 6.45) is 1.74. The Bertz CT molecular complexity index is 785. The number of nitrogens with zero attached hydrogens (tertiary/aromatic N) is 2. The fourth-order valence-corrected chi connectivity index (χ4v) is 3.27. The highest BCUT2D eigenvalue weighted by Gasteiger charge is 2.40. The monoisotopic (exact) mass is 362 g/mol. The van der Waals surface area contributed by atoms with E-state index in [1.807, 2.05) is 0 Å². The zero-order valence-electron chi connectivity index (χ0n) is 14.9. The summed E-state index contributed by atoms with van der Waals surface area (Å²) >= 11 is 0. The van der Waals surface area contributed by atoms with Crippen molar-refractivity contribution in [3.05, 3.63) is 41.0 Å². The molecule has 0 saturated carbocycles. The molecule has 1 saturated heterocycles. The van der Waals surface area contributed by atoms with Gasteiger partial charge in [-0.2, -0.15) is 5.26 Å². The number of benzene rings is 1. The second kappa shape index (κ2) is 6.69. The van der Waals surface area contributed by atoms with Crippen LogP contribution in [0.1, 0.15) is 38.3 Å². The van der Waals surface area contributed by atoms with Gasteiger partial charge >= 0.3 is 6.09 Å². The molecule has 1 aromatic rings. The molecule has 3 rings (SSSR count). The quantitative estimate of drug-likeness (QED) is 0.765. The SMILES string of the molecule is CC(C)(C)OC(=O)N1C2C=C(c3cc(F)c(C#N)c(F)c3)CC1COC2. The molecular weight excluding hydrogens is 342 g/mol. The Morgan fingerprint density at radius 1 is 1.31 bits per heavy atom. The third-order valence-corrected chi connectivity index (χ3v) is 4.33. The van der Waals surface area contributed by atoms with Crippen molar-refractivity contribution in [2.75, 3.05) is 13.2 Å². The predicted molar refractivity (Wildman–Crippen MR) is 90.1 cm³/mol. The average Bonchev–Trinajstić information content (AvgIpc) is 2.51. The van der Waals surface area contributed by atoms with E-state index in [1.165, 1.54) is 6.07 Å². The summed E-state index contributed by atoms with van der Waals surface area (Å²) in [5, 5.41) is 8.80. The number of hydrogen-bond acceptors (Lipinski definition) is 4. The first-order valence-corrected chi connectivity index (χ1v) is 8.39. The molecular formula is C19H20F2N2O3. The van der Waals surface area contributed by atoms with Crippen molar-refractivity contribution < 1.29 is 23.0 Å². The minimum absolute atomic E-state index is 0.273. The summed E-state index contributed by atoms with van der Waals surface area (Å²) < 4.78 is 38.9. The molecule has 2 aliphatic heterocycles. The first-order chi connectivity index (χ1) is 12.2. The summed E-state index contributed by atoms with van der Waals surface area (Å²) in [7, 11) is 0. The molecule has 1 aromatic carbocycles. The van der Waals surface area contributed by atoms with Gasteiger partial charge in [0.05, 0.1) is 25.3 Å². The van der Waals surface area contributed by atoms with E-state index in [0.717, 1.165) is 17.7 Å². The lowest BCUT2D eigenvalue weighted by molar-refractivity contribution is -0.0510. The molecule has 26 heavy (non-hydrogen) atoms. The maximum Gasteiger partial charge on any atom is 0.411 e. The number of carbonyl (C=O) groups excluding carboxylic acids is 1. The third kappa shape index (κ3) is 3.56. The maximum absolute atomic E-state index is 13.9. The lowest BCUT2D eigenvalue weighted by atomic mass is 9.89. The van der Waals surface area contributed by atoms with Crippen molar-refractivity contribution in [2.45, 2.75) is 44.9 Å². The number of fused-ring (bicyclic) bond motifs is 2. The first-order valence-electron chi connectivity index (χ1n) is 8.39. The zero-order valence-corrected chi connectivity index (χ0v) is 14.9.